The first kappa shape index (κ1) is 13.2. The minimum Gasteiger partial charge on any atom is -0.326 e. The van der Waals surface area contributed by atoms with Crippen molar-refractivity contribution in [3.8, 4) is 0 Å². The van der Waals surface area contributed by atoms with Crippen LogP contribution in [0.5, 0.6) is 0 Å². The summed E-state index contributed by atoms with van der Waals surface area (Å²) < 4.78 is 13.3. The zero-order chi connectivity index (χ0) is 13.7. The fourth-order valence-electron chi connectivity index (χ4n) is 1.77. The first-order valence-electron chi connectivity index (χ1n) is 5.87. The van der Waals surface area contributed by atoms with E-state index >= 15 is 0 Å². The highest BCUT2D eigenvalue weighted by molar-refractivity contribution is 5.92. The van der Waals surface area contributed by atoms with Crippen molar-refractivity contribution in [1.29, 1.82) is 0 Å². The Morgan fingerprint density at radius 1 is 1.26 bits per heavy atom. The summed E-state index contributed by atoms with van der Waals surface area (Å²) in [6, 6.07) is 8.84. The van der Waals surface area contributed by atoms with Gasteiger partial charge in [-0.05, 0) is 17.2 Å². The number of carbonyl (C=O) groups excluding carboxylic acids is 1. The first-order chi connectivity index (χ1) is 9.20. The molecule has 0 saturated heterocycles. The molecule has 5 heteroatoms. The molecular formula is C14H14FN3O. The minimum absolute atomic E-state index is 0.130. The summed E-state index contributed by atoms with van der Waals surface area (Å²) in [7, 11) is 0. The maximum absolute atomic E-state index is 13.3. The fourth-order valence-corrected chi connectivity index (χ4v) is 1.77. The molecule has 0 spiro atoms. The number of halogens is 1. The maximum Gasteiger partial charge on any atom is 0.228 e. The van der Waals surface area contributed by atoms with Gasteiger partial charge in [0.15, 0.2) is 5.82 Å². The summed E-state index contributed by atoms with van der Waals surface area (Å²) in [4.78, 5) is 15.5. The molecule has 1 heterocycles. The monoisotopic (exact) mass is 259 g/mol. The second kappa shape index (κ2) is 6.06. The lowest BCUT2D eigenvalue weighted by atomic mass is 10.0. The van der Waals surface area contributed by atoms with Crippen molar-refractivity contribution in [3.05, 3.63) is 59.7 Å². The van der Waals surface area contributed by atoms with E-state index < -0.39 is 5.82 Å². The summed E-state index contributed by atoms with van der Waals surface area (Å²) in [6.07, 6.45) is 2.64. The number of rotatable bonds is 4. The average Bonchev–Trinajstić information content (AvgIpc) is 2.42. The van der Waals surface area contributed by atoms with Crippen molar-refractivity contribution in [2.24, 2.45) is 5.73 Å². The van der Waals surface area contributed by atoms with Gasteiger partial charge in [-0.25, -0.2) is 4.39 Å². The van der Waals surface area contributed by atoms with Gasteiger partial charge in [0, 0.05) is 12.7 Å². The van der Waals surface area contributed by atoms with Crippen molar-refractivity contribution < 1.29 is 9.18 Å². The third-order valence-electron chi connectivity index (χ3n) is 2.74. The number of nitrogens with one attached hydrogen (secondary N) is 1. The van der Waals surface area contributed by atoms with Crippen LogP contribution in [-0.2, 0) is 17.8 Å². The van der Waals surface area contributed by atoms with Gasteiger partial charge in [0.05, 0.1) is 18.3 Å². The normalized spacial score (nSPS) is 10.2. The van der Waals surface area contributed by atoms with E-state index in [9.17, 15) is 9.18 Å². The number of pyridine rings is 1. The number of hydrogen-bond donors (Lipinski definition) is 2. The molecule has 0 saturated carbocycles. The quantitative estimate of drug-likeness (QED) is 0.880. The Labute approximate surface area is 110 Å². The Kier molecular flexibility index (Phi) is 4.20. The molecule has 0 bridgehead atoms. The molecule has 3 N–H and O–H groups in total. The zero-order valence-corrected chi connectivity index (χ0v) is 10.3. The predicted molar refractivity (Wildman–Crippen MR) is 70.9 cm³/mol. The van der Waals surface area contributed by atoms with Crippen molar-refractivity contribution in [2.45, 2.75) is 13.0 Å². The van der Waals surface area contributed by atoms with Gasteiger partial charge in [-0.2, -0.15) is 0 Å². The number of nitrogens with zero attached hydrogens (tertiary/aromatic N) is 1. The van der Waals surface area contributed by atoms with Gasteiger partial charge in [0.1, 0.15) is 0 Å². The number of nitrogens with two attached hydrogens (primary N) is 1. The summed E-state index contributed by atoms with van der Waals surface area (Å²) in [6.45, 7) is 0.368. The van der Waals surface area contributed by atoms with Crippen molar-refractivity contribution >= 4 is 11.6 Å². The third kappa shape index (κ3) is 3.35. The topological polar surface area (TPSA) is 68.0 Å². The van der Waals surface area contributed by atoms with Crippen LogP contribution >= 0.6 is 0 Å². The van der Waals surface area contributed by atoms with Gasteiger partial charge < -0.3 is 11.1 Å². The van der Waals surface area contributed by atoms with E-state index in [0.717, 1.165) is 17.3 Å². The van der Waals surface area contributed by atoms with Crippen LogP contribution in [0.15, 0.2) is 42.7 Å². The lowest BCUT2D eigenvalue weighted by Gasteiger charge is -2.08. The van der Waals surface area contributed by atoms with Crippen molar-refractivity contribution in [3.63, 3.8) is 0 Å². The highest BCUT2D eigenvalue weighted by Gasteiger charge is 2.09. The third-order valence-corrected chi connectivity index (χ3v) is 2.74. The van der Waals surface area contributed by atoms with Crippen LogP contribution in [0.1, 0.15) is 11.1 Å². The smallest absolute Gasteiger partial charge is 0.228 e. The Morgan fingerprint density at radius 2 is 2.00 bits per heavy atom. The minimum atomic E-state index is -0.553. The van der Waals surface area contributed by atoms with Crippen LogP contribution in [0.2, 0.25) is 0 Å². The SMILES string of the molecule is NCc1ccccc1CC(=O)Nc1ccncc1F. The summed E-state index contributed by atoms with van der Waals surface area (Å²) in [5.41, 5.74) is 7.49. The molecule has 1 aromatic heterocycles. The molecule has 2 aromatic rings. The standard InChI is InChI=1S/C14H14FN3O/c15-12-9-17-6-5-13(12)18-14(19)7-10-3-1-2-4-11(10)8-16/h1-6,9H,7-8,16H2,(H,17,18,19). The maximum atomic E-state index is 13.3. The van der Waals surface area contributed by atoms with Crippen LogP contribution in [0.3, 0.4) is 0 Å². The van der Waals surface area contributed by atoms with Crippen molar-refractivity contribution in [2.75, 3.05) is 5.32 Å². The molecule has 19 heavy (non-hydrogen) atoms. The lowest BCUT2D eigenvalue weighted by Crippen LogP contribution is -2.17. The molecule has 98 valence electrons. The van der Waals surface area contributed by atoms with Crippen molar-refractivity contribution in [1.82, 2.24) is 4.98 Å². The van der Waals surface area contributed by atoms with Gasteiger partial charge in [0.25, 0.3) is 0 Å². The number of amides is 1. The molecule has 2 rings (SSSR count). The van der Waals surface area contributed by atoms with Crippen LogP contribution in [0, 0.1) is 5.82 Å². The summed E-state index contributed by atoms with van der Waals surface area (Å²) in [5, 5.41) is 2.52. The van der Waals surface area contributed by atoms with Gasteiger partial charge >= 0.3 is 0 Å². The van der Waals surface area contributed by atoms with Crippen LogP contribution in [-0.4, -0.2) is 10.9 Å². The van der Waals surface area contributed by atoms with E-state index in [-0.39, 0.29) is 18.0 Å². The van der Waals surface area contributed by atoms with E-state index in [2.05, 4.69) is 10.3 Å². The number of benzene rings is 1. The van der Waals surface area contributed by atoms with Gasteiger partial charge in [-0.1, -0.05) is 24.3 Å². The number of anilines is 1. The molecule has 0 unspecified atom stereocenters. The van der Waals surface area contributed by atoms with E-state index in [1.54, 1.807) is 0 Å². The number of hydrogen-bond acceptors (Lipinski definition) is 3. The molecule has 1 aromatic carbocycles. The molecule has 0 aliphatic rings. The van der Waals surface area contributed by atoms with E-state index in [1.165, 1.54) is 12.3 Å². The van der Waals surface area contributed by atoms with Gasteiger partial charge in [0.2, 0.25) is 5.91 Å². The first-order valence-corrected chi connectivity index (χ1v) is 5.87. The van der Waals surface area contributed by atoms with Gasteiger partial charge in [-0.3, -0.25) is 9.78 Å². The Bertz CT molecular complexity index is 586. The number of carbonyl (C=O) groups is 1. The number of aromatic nitrogens is 1. The summed E-state index contributed by atoms with van der Waals surface area (Å²) >= 11 is 0. The molecular weight excluding hydrogens is 245 g/mol. The average molecular weight is 259 g/mol. The largest absolute Gasteiger partial charge is 0.326 e. The zero-order valence-electron chi connectivity index (χ0n) is 10.3. The highest BCUT2D eigenvalue weighted by Crippen LogP contribution is 2.13. The lowest BCUT2D eigenvalue weighted by molar-refractivity contribution is -0.115. The predicted octanol–water partition coefficient (Wildman–Crippen LogP) is 1.86. The second-order valence-electron chi connectivity index (χ2n) is 4.05. The van der Waals surface area contributed by atoms with Crippen LogP contribution in [0.25, 0.3) is 0 Å². The van der Waals surface area contributed by atoms with Crippen LogP contribution < -0.4 is 11.1 Å². The second-order valence-corrected chi connectivity index (χ2v) is 4.05. The van der Waals surface area contributed by atoms with E-state index in [4.69, 9.17) is 5.73 Å². The Morgan fingerprint density at radius 3 is 2.68 bits per heavy atom. The Hall–Kier alpha value is -2.27. The molecule has 0 atom stereocenters. The molecule has 1 amide bonds. The van der Waals surface area contributed by atoms with E-state index in [0.29, 0.717) is 6.54 Å². The van der Waals surface area contributed by atoms with Crippen LogP contribution in [0.4, 0.5) is 10.1 Å². The molecule has 0 aliphatic carbocycles. The summed E-state index contributed by atoms with van der Waals surface area (Å²) in [5.74, 6) is -0.839. The molecule has 0 aliphatic heterocycles. The molecule has 0 radical (unpaired) electrons. The Balaban J connectivity index is 2.08. The fraction of sp³-hybridized carbons (Fsp3) is 0.143. The molecule has 0 fully saturated rings. The highest BCUT2D eigenvalue weighted by atomic mass is 19.1. The molecule has 4 nitrogen and oxygen atoms in total. The van der Waals surface area contributed by atoms with E-state index in [1.807, 2.05) is 24.3 Å². The van der Waals surface area contributed by atoms with Gasteiger partial charge in [-0.15, -0.1) is 0 Å².